The predicted molar refractivity (Wildman–Crippen MR) is 76.5 cm³/mol. The lowest BCUT2D eigenvalue weighted by molar-refractivity contribution is 0.176. The van der Waals surface area contributed by atoms with E-state index in [-0.39, 0.29) is 6.10 Å². The van der Waals surface area contributed by atoms with Crippen LogP contribution in [0.1, 0.15) is 30.1 Å². The summed E-state index contributed by atoms with van der Waals surface area (Å²) in [4.78, 5) is 4.42. The van der Waals surface area contributed by atoms with Gasteiger partial charge in [0.1, 0.15) is 11.9 Å². The number of hydrogen-bond acceptors (Lipinski definition) is 3. The van der Waals surface area contributed by atoms with E-state index in [1.165, 1.54) is 17.5 Å². The molecule has 0 radical (unpaired) electrons. The second-order valence-corrected chi connectivity index (χ2v) is 4.81. The van der Waals surface area contributed by atoms with Crippen LogP contribution in [0.5, 0.6) is 5.88 Å². The van der Waals surface area contributed by atoms with Crippen LogP contribution in [-0.2, 0) is 6.42 Å². The molecule has 1 aliphatic rings. The standard InChI is InChI=1S/C16H18N2O/c1-17-15-10-5-11-16(18-15)19-14-9-4-7-12-6-2-3-8-13(12)14/h2-3,5-6,8,10-11,14H,4,7,9H2,1H3,(H,17,18). The van der Waals surface area contributed by atoms with Gasteiger partial charge in [0.15, 0.2) is 0 Å². The third-order valence-electron chi connectivity index (χ3n) is 3.56. The lowest BCUT2D eigenvalue weighted by Gasteiger charge is -2.25. The first-order valence-electron chi connectivity index (χ1n) is 6.76. The monoisotopic (exact) mass is 254 g/mol. The maximum atomic E-state index is 6.07. The molecule has 1 atom stereocenters. The maximum Gasteiger partial charge on any atom is 0.215 e. The summed E-state index contributed by atoms with van der Waals surface area (Å²) in [6.45, 7) is 0. The van der Waals surface area contributed by atoms with Crippen molar-refractivity contribution in [2.75, 3.05) is 12.4 Å². The minimum atomic E-state index is 0.129. The highest BCUT2D eigenvalue weighted by Crippen LogP contribution is 2.33. The van der Waals surface area contributed by atoms with Crippen molar-refractivity contribution in [3.8, 4) is 5.88 Å². The Bertz CT molecular complexity index is 568. The van der Waals surface area contributed by atoms with Crippen LogP contribution in [0.3, 0.4) is 0 Å². The Labute approximate surface area is 113 Å². The van der Waals surface area contributed by atoms with Crippen LogP contribution in [0, 0.1) is 0 Å². The topological polar surface area (TPSA) is 34.1 Å². The van der Waals surface area contributed by atoms with Gasteiger partial charge in [0.25, 0.3) is 0 Å². The molecular weight excluding hydrogens is 236 g/mol. The van der Waals surface area contributed by atoms with Gasteiger partial charge in [-0.1, -0.05) is 30.3 Å². The van der Waals surface area contributed by atoms with Gasteiger partial charge in [-0.2, -0.15) is 4.98 Å². The number of ether oxygens (including phenoxy) is 1. The van der Waals surface area contributed by atoms with Crippen molar-refractivity contribution in [1.29, 1.82) is 0 Å². The van der Waals surface area contributed by atoms with Crippen molar-refractivity contribution < 1.29 is 4.74 Å². The SMILES string of the molecule is CNc1cccc(OC2CCCc3ccccc32)n1. The minimum absolute atomic E-state index is 0.129. The molecular formula is C16H18N2O. The molecule has 1 heterocycles. The fourth-order valence-corrected chi connectivity index (χ4v) is 2.60. The third kappa shape index (κ3) is 2.55. The highest BCUT2D eigenvalue weighted by Gasteiger charge is 2.21. The summed E-state index contributed by atoms with van der Waals surface area (Å²) in [6.07, 6.45) is 3.51. The van der Waals surface area contributed by atoms with Crippen LogP contribution in [0.2, 0.25) is 0 Å². The normalized spacial score (nSPS) is 17.6. The van der Waals surface area contributed by atoms with Crippen LogP contribution < -0.4 is 10.1 Å². The van der Waals surface area contributed by atoms with Crippen molar-refractivity contribution in [3.05, 3.63) is 53.6 Å². The Balaban J connectivity index is 1.84. The average Bonchev–Trinajstić information content (AvgIpc) is 2.48. The number of fused-ring (bicyclic) bond motifs is 1. The van der Waals surface area contributed by atoms with Crippen molar-refractivity contribution in [2.24, 2.45) is 0 Å². The molecule has 1 aromatic carbocycles. The molecule has 1 aromatic heterocycles. The number of aryl methyl sites for hydroxylation is 1. The molecule has 3 nitrogen and oxygen atoms in total. The lowest BCUT2D eigenvalue weighted by Crippen LogP contribution is -2.15. The minimum Gasteiger partial charge on any atom is -0.469 e. The predicted octanol–water partition coefficient (Wildman–Crippen LogP) is 3.58. The number of anilines is 1. The molecule has 0 aliphatic heterocycles. The number of aromatic nitrogens is 1. The molecule has 1 unspecified atom stereocenters. The molecule has 1 N–H and O–H groups in total. The maximum absolute atomic E-state index is 6.07. The summed E-state index contributed by atoms with van der Waals surface area (Å²) in [7, 11) is 1.86. The van der Waals surface area contributed by atoms with Crippen molar-refractivity contribution in [1.82, 2.24) is 4.98 Å². The van der Waals surface area contributed by atoms with E-state index in [0.717, 1.165) is 18.7 Å². The van der Waals surface area contributed by atoms with Gasteiger partial charge in [0.2, 0.25) is 5.88 Å². The molecule has 0 amide bonds. The fraction of sp³-hybridized carbons (Fsp3) is 0.312. The molecule has 0 fully saturated rings. The van der Waals surface area contributed by atoms with E-state index >= 15 is 0 Å². The summed E-state index contributed by atoms with van der Waals surface area (Å²) in [6, 6.07) is 14.4. The van der Waals surface area contributed by atoms with Crippen LogP contribution in [0.4, 0.5) is 5.82 Å². The summed E-state index contributed by atoms with van der Waals surface area (Å²) < 4.78 is 6.07. The molecule has 0 bridgehead atoms. The van der Waals surface area contributed by atoms with Gasteiger partial charge < -0.3 is 10.1 Å². The van der Waals surface area contributed by atoms with Crippen LogP contribution in [-0.4, -0.2) is 12.0 Å². The smallest absolute Gasteiger partial charge is 0.215 e. The first kappa shape index (κ1) is 12.0. The Morgan fingerprint density at radius 3 is 2.95 bits per heavy atom. The molecule has 0 saturated carbocycles. The van der Waals surface area contributed by atoms with Gasteiger partial charge >= 0.3 is 0 Å². The van der Waals surface area contributed by atoms with Crippen molar-refractivity contribution in [3.63, 3.8) is 0 Å². The van der Waals surface area contributed by atoms with Crippen LogP contribution >= 0.6 is 0 Å². The molecule has 3 rings (SSSR count). The first-order chi connectivity index (χ1) is 9.36. The second kappa shape index (κ2) is 5.31. The summed E-state index contributed by atoms with van der Waals surface area (Å²) in [5.74, 6) is 1.52. The van der Waals surface area contributed by atoms with Crippen molar-refractivity contribution in [2.45, 2.75) is 25.4 Å². The third-order valence-corrected chi connectivity index (χ3v) is 3.56. The summed E-state index contributed by atoms with van der Waals surface area (Å²) in [5, 5.41) is 3.03. The summed E-state index contributed by atoms with van der Waals surface area (Å²) in [5.41, 5.74) is 2.72. The van der Waals surface area contributed by atoms with E-state index in [2.05, 4.69) is 34.6 Å². The zero-order valence-electron chi connectivity index (χ0n) is 11.1. The molecule has 0 spiro atoms. The van der Waals surface area contributed by atoms with Gasteiger partial charge in [-0.15, -0.1) is 0 Å². The van der Waals surface area contributed by atoms with Crippen LogP contribution in [0.25, 0.3) is 0 Å². The molecule has 98 valence electrons. The highest BCUT2D eigenvalue weighted by molar-refractivity contribution is 5.37. The number of rotatable bonds is 3. The van der Waals surface area contributed by atoms with E-state index < -0.39 is 0 Å². The Kier molecular flexibility index (Phi) is 3.36. The largest absolute Gasteiger partial charge is 0.469 e. The van der Waals surface area contributed by atoms with E-state index in [4.69, 9.17) is 4.74 Å². The zero-order valence-corrected chi connectivity index (χ0v) is 11.1. The highest BCUT2D eigenvalue weighted by atomic mass is 16.5. The molecule has 2 aromatic rings. The van der Waals surface area contributed by atoms with Crippen LogP contribution in [0.15, 0.2) is 42.5 Å². The Morgan fingerprint density at radius 1 is 1.16 bits per heavy atom. The van der Waals surface area contributed by atoms with Gasteiger partial charge in [-0.05, 0) is 36.5 Å². The number of hydrogen-bond donors (Lipinski definition) is 1. The van der Waals surface area contributed by atoms with Gasteiger partial charge in [0.05, 0.1) is 0 Å². The quantitative estimate of drug-likeness (QED) is 0.909. The molecule has 0 saturated heterocycles. The molecule has 19 heavy (non-hydrogen) atoms. The van der Waals surface area contributed by atoms with Gasteiger partial charge in [-0.25, -0.2) is 0 Å². The van der Waals surface area contributed by atoms with Crippen molar-refractivity contribution >= 4 is 5.82 Å². The van der Waals surface area contributed by atoms with E-state index in [1.54, 1.807) is 0 Å². The van der Waals surface area contributed by atoms with Gasteiger partial charge in [0, 0.05) is 13.1 Å². The number of benzene rings is 1. The van der Waals surface area contributed by atoms with E-state index in [9.17, 15) is 0 Å². The van der Waals surface area contributed by atoms with E-state index in [0.29, 0.717) is 5.88 Å². The fourth-order valence-electron chi connectivity index (χ4n) is 2.60. The van der Waals surface area contributed by atoms with E-state index in [1.807, 2.05) is 25.2 Å². The zero-order chi connectivity index (χ0) is 13.1. The second-order valence-electron chi connectivity index (χ2n) is 4.81. The first-order valence-corrected chi connectivity index (χ1v) is 6.76. The number of nitrogens with one attached hydrogen (secondary N) is 1. The molecule has 1 aliphatic carbocycles. The number of nitrogens with zero attached hydrogens (tertiary/aromatic N) is 1. The number of pyridine rings is 1. The lowest BCUT2D eigenvalue weighted by atomic mass is 9.89. The summed E-state index contributed by atoms with van der Waals surface area (Å²) >= 11 is 0. The van der Waals surface area contributed by atoms with Gasteiger partial charge in [-0.3, -0.25) is 0 Å². The molecule has 3 heteroatoms. The Hall–Kier alpha value is -2.03. The average molecular weight is 254 g/mol. The Morgan fingerprint density at radius 2 is 2.05 bits per heavy atom.